The summed E-state index contributed by atoms with van der Waals surface area (Å²) in [5.74, 6) is -0.151. The van der Waals surface area contributed by atoms with Gasteiger partial charge in [-0.2, -0.15) is 0 Å². The van der Waals surface area contributed by atoms with Gasteiger partial charge in [0.15, 0.2) is 0 Å². The van der Waals surface area contributed by atoms with Crippen molar-refractivity contribution < 1.29 is 23.9 Å². The number of nitrogens with zero attached hydrogens (tertiary/aromatic N) is 1. The van der Waals surface area contributed by atoms with Crippen molar-refractivity contribution in [3.63, 3.8) is 0 Å². The number of hydrogen-bond donors (Lipinski definition) is 2. The standard InChI is InChI=1S/C22H28BClN2O5/c1-21(2)22(3,4)31-23(30-21)15-12-17(20(29-5)26-13-15)19(28)25-11-10-18(27)14-6-8-16(24)9-7-14/h6-9,12-13,18,27H,10-11H2,1-5H3,(H,25,28). The van der Waals surface area contributed by atoms with Crippen LogP contribution in [0, 0.1) is 0 Å². The predicted octanol–water partition coefficient (Wildman–Crippen LogP) is 2.90. The Morgan fingerprint density at radius 2 is 1.84 bits per heavy atom. The number of aromatic nitrogens is 1. The third-order valence-electron chi connectivity index (χ3n) is 5.79. The fourth-order valence-electron chi connectivity index (χ4n) is 3.17. The number of nitrogens with one attached hydrogen (secondary N) is 1. The van der Waals surface area contributed by atoms with E-state index in [9.17, 15) is 9.90 Å². The van der Waals surface area contributed by atoms with Crippen LogP contribution in [-0.4, -0.2) is 48.0 Å². The maximum Gasteiger partial charge on any atom is 0.496 e. The smallest absolute Gasteiger partial charge is 0.480 e. The minimum Gasteiger partial charge on any atom is -0.480 e. The van der Waals surface area contributed by atoms with Gasteiger partial charge in [0, 0.05) is 23.2 Å². The van der Waals surface area contributed by atoms with E-state index in [0.29, 0.717) is 16.9 Å². The molecule has 7 nitrogen and oxygen atoms in total. The number of ether oxygens (including phenoxy) is 1. The van der Waals surface area contributed by atoms with Gasteiger partial charge in [0.25, 0.3) is 5.91 Å². The molecule has 1 atom stereocenters. The number of pyridine rings is 1. The predicted molar refractivity (Wildman–Crippen MR) is 120 cm³/mol. The number of hydrogen-bond acceptors (Lipinski definition) is 6. The Morgan fingerprint density at radius 3 is 2.42 bits per heavy atom. The number of benzene rings is 1. The molecule has 1 aliphatic heterocycles. The number of amides is 1. The zero-order valence-electron chi connectivity index (χ0n) is 18.4. The average Bonchev–Trinajstić information content (AvgIpc) is 2.94. The van der Waals surface area contributed by atoms with Crippen molar-refractivity contribution in [2.45, 2.75) is 51.4 Å². The molecule has 1 aromatic carbocycles. The molecule has 1 aromatic heterocycles. The van der Waals surface area contributed by atoms with Crippen molar-refractivity contribution >= 4 is 30.1 Å². The van der Waals surface area contributed by atoms with Gasteiger partial charge in [-0.05, 0) is 57.9 Å². The number of aliphatic hydroxyl groups excluding tert-OH is 1. The first-order valence-corrected chi connectivity index (χ1v) is 10.5. The van der Waals surface area contributed by atoms with E-state index in [-0.39, 0.29) is 23.9 Å². The maximum atomic E-state index is 12.8. The van der Waals surface area contributed by atoms with Crippen LogP contribution in [0.4, 0.5) is 0 Å². The Morgan fingerprint density at radius 1 is 1.23 bits per heavy atom. The zero-order chi connectivity index (χ0) is 22.8. The number of carbonyl (C=O) groups is 1. The lowest BCUT2D eigenvalue weighted by molar-refractivity contribution is 0.00578. The summed E-state index contributed by atoms with van der Waals surface area (Å²) >= 11 is 5.88. The highest BCUT2D eigenvalue weighted by Crippen LogP contribution is 2.36. The summed E-state index contributed by atoms with van der Waals surface area (Å²) in [4.78, 5) is 17.0. The van der Waals surface area contributed by atoms with Crippen LogP contribution in [0.5, 0.6) is 5.88 Å². The normalized spacial score (nSPS) is 18.0. The molecule has 1 fully saturated rings. The Hall–Kier alpha value is -2.13. The van der Waals surface area contributed by atoms with Crippen LogP contribution in [0.2, 0.25) is 5.02 Å². The second-order valence-corrected chi connectivity index (χ2v) is 8.96. The topological polar surface area (TPSA) is 89.9 Å². The third-order valence-corrected chi connectivity index (χ3v) is 6.05. The Bertz CT molecular complexity index is 920. The minimum absolute atomic E-state index is 0.205. The molecule has 9 heteroatoms. The Kier molecular flexibility index (Phi) is 6.96. The highest BCUT2D eigenvalue weighted by molar-refractivity contribution is 6.62. The van der Waals surface area contributed by atoms with Crippen LogP contribution in [0.1, 0.15) is 56.1 Å². The van der Waals surface area contributed by atoms with Gasteiger partial charge in [-0.3, -0.25) is 4.79 Å². The van der Waals surface area contributed by atoms with Gasteiger partial charge in [0.2, 0.25) is 5.88 Å². The van der Waals surface area contributed by atoms with Gasteiger partial charge in [0.05, 0.1) is 24.4 Å². The molecule has 1 unspecified atom stereocenters. The van der Waals surface area contributed by atoms with E-state index in [2.05, 4.69) is 10.3 Å². The fraction of sp³-hybridized carbons (Fsp3) is 0.455. The van der Waals surface area contributed by atoms with Crippen LogP contribution >= 0.6 is 11.6 Å². The lowest BCUT2D eigenvalue weighted by Crippen LogP contribution is -2.41. The van der Waals surface area contributed by atoms with E-state index >= 15 is 0 Å². The lowest BCUT2D eigenvalue weighted by atomic mass is 9.79. The van der Waals surface area contributed by atoms with Crippen LogP contribution in [-0.2, 0) is 9.31 Å². The molecular formula is C22H28BClN2O5. The summed E-state index contributed by atoms with van der Waals surface area (Å²) in [6.45, 7) is 8.12. The Balaban J connectivity index is 1.67. The van der Waals surface area contributed by atoms with Crippen LogP contribution in [0.25, 0.3) is 0 Å². The van der Waals surface area contributed by atoms with Gasteiger partial charge in [-0.25, -0.2) is 4.98 Å². The maximum absolute atomic E-state index is 12.8. The van der Waals surface area contributed by atoms with Gasteiger partial charge in [-0.1, -0.05) is 23.7 Å². The average molecular weight is 447 g/mol. The fourth-order valence-corrected chi connectivity index (χ4v) is 3.30. The largest absolute Gasteiger partial charge is 0.496 e. The summed E-state index contributed by atoms with van der Waals surface area (Å²) in [7, 11) is 0.819. The van der Waals surface area contributed by atoms with E-state index in [1.54, 1.807) is 36.5 Å². The minimum atomic E-state index is -0.714. The van der Waals surface area contributed by atoms with E-state index in [1.807, 2.05) is 27.7 Å². The molecule has 166 valence electrons. The quantitative estimate of drug-likeness (QED) is 0.636. The lowest BCUT2D eigenvalue weighted by Gasteiger charge is -2.32. The van der Waals surface area contributed by atoms with E-state index in [4.69, 9.17) is 25.6 Å². The molecule has 2 aromatic rings. The zero-order valence-corrected chi connectivity index (χ0v) is 19.2. The van der Waals surface area contributed by atoms with Crippen molar-refractivity contribution in [1.82, 2.24) is 10.3 Å². The summed E-state index contributed by atoms with van der Waals surface area (Å²) in [6, 6.07) is 8.62. The molecule has 3 rings (SSSR count). The van der Waals surface area contributed by atoms with Crippen molar-refractivity contribution in [1.29, 1.82) is 0 Å². The number of rotatable bonds is 7. The van der Waals surface area contributed by atoms with Crippen molar-refractivity contribution in [2.24, 2.45) is 0 Å². The van der Waals surface area contributed by atoms with Crippen LogP contribution in [0.15, 0.2) is 36.5 Å². The van der Waals surface area contributed by atoms with E-state index in [0.717, 1.165) is 5.56 Å². The first-order valence-electron chi connectivity index (χ1n) is 10.2. The van der Waals surface area contributed by atoms with Crippen molar-refractivity contribution in [3.05, 3.63) is 52.7 Å². The summed E-state index contributed by atoms with van der Waals surface area (Å²) in [5.41, 5.74) is 0.637. The van der Waals surface area contributed by atoms with Crippen molar-refractivity contribution in [2.75, 3.05) is 13.7 Å². The molecule has 31 heavy (non-hydrogen) atoms. The van der Waals surface area contributed by atoms with Gasteiger partial charge in [-0.15, -0.1) is 0 Å². The molecule has 1 saturated heterocycles. The molecule has 2 heterocycles. The number of carbonyl (C=O) groups excluding carboxylic acids is 1. The van der Waals surface area contributed by atoms with Gasteiger partial charge >= 0.3 is 7.12 Å². The summed E-state index contributed by atoms with van der Waals surface area (Å²) in [6.07, 6.45) is 1.22. The molecule has 2 N–H and O–H groups in total. The SMILES string of the molecule is COc1ncc(B2OC(C)(C)C(C)(C)O2)cc1C(=O)NCCC(O)c1ccc(Cl)cc1. The molecule has 0 aliphatic carbocycles. The van der Waals surface area contributed by atoms with E-state index in [1.165, 1.54) is 7.11 Å². The molecule has 1 amide bonds. The van der Waals surface area contributed by atoms with E-state index < -0.39 is 24.4 Å². The Labute approximate surface area is 188 Å². The van der Waals surface area contributed by atoms with Gasteiger partial charge in [0.1, 0.15) is 5.56 Å². The van der Waals surface area contributed by atoms with Crippen LogP contribution < -0.4 is 15.5 Å². The second-order valence-electron chi connectivity index (χ2n) is 8.53. The first-order chi connectivity index (χ1) is 14.5. The molecule has 0 bridgehead atoms. The first kappa shape index (κ1) is 23.5. The van der Waals surface area contributed by atoms with Crippen LogP contribution in [0.3, 0.4) is 0 Å². The van der Waals surface area contributed by atoms with Gasteiger partial charge < -0.3 is 24.5 Å². The molecule has 1 aliphatic rings. The van der Waals surface area contributed by atoms with Crippen molar-refractivity contribution in [3.8, 4) is 5.88 Å². The molecule has 0 radical (unpaired) electrons. The second kappa shape index (κ2) is 9.16. The monoisotopic (exact) mass is 446 g/mol. The highest BCUT2D eigenvalue weighted by Gasteiger charge is 2.52. The molecule has 0 spiro atoms. The molecule has 0 saturated carbocycles. The highest BCUT2D eigenvalue weighted by atomic mass is 35.5. The number of methoxy groups -OCH3 is 1. The third kappa shape index (κ3) is 5.21. The summed E-state index contributed by atoms with van der Waals surface area (Å²) < 4.78 is 17.4. The molecular weight excluding hydrogens is 419 g/mol. The summed E-state index contributed by atoms with van der Waals surface area (Å²) in [5, 5.41) is 13.7. The number of aliphatic hydroxyl groups is 1. The number of halogens is 1.